The molecule has 6 rings (SSSR count). The molecule has 1 aliphatic carbocycles. The quantitative estimate of drug-likeness (QED) is 0.323. The zero-order chi connectivity index (χ0) is 27.5. The van der Waals surface area contributed by atoms with Crippen LogP contribution in [0.15, 0.2) is 95.1 Å². The van der Waals surface area contributed by atoms with E-state index in [2.05, 4.69) is 71.7 Å². The lowest BCUT2D eigenvalue weighted by Gasteiger charge is -2.34. The molecule has 0 saturated carbocycles. The van der Waals surface area contributed by atoms with Crippen LogP contribution < -0.4 is 5.32 Å². The molecule has 1 fully saturated rings. The molecule has 1 saturated heterocycles. The molecule has 2 aliphatic rings. The third-order valence-corrected chi connectivity index (χ3v) is 7.83. The number of nitrogens with one attached hydrogen (secondary N) is 1. The van der Waals surface area contributed by atoms with E-state index in [1.54, 1.807) is 12.1 Å². The summed E-state index contributed by atoms with van der Waals surface area (Å²) in [6.07, 6.45) is 5.16. The van der Waals surface area contributed by atoms with Crippen LogP contribution in [0.25, 0.3) is 17.2 Å². The first-order valence-electron chi connectivity index (χ1n) is 13.9. The van der Waals surface area contributed by atoms with Gasteiger partial charge in [0.15, 0.2) is 5.76 Å². The summed E-state index contributed by atoms with van der Waals surface area (Å²) in [6, 6.07) is 26.6. The summed E-state index contributed by atoms with van der Waals surface area (Å²) in [6.45, 7) is 5.88. The highest BCUT2D eigenvalue weighted by atomic mass is 16.3. The lowest BCUT2D eigenvalue weighted by Crippen LogP contribution is -2.48. The summed E-state index contributed by atoms with van der Waals surface area (Å²) in [5.74, 6) is 0.302. The number of amides is 2. The first-order valence-corrected chi connectivity index (χ1v) is 13.9. The van der Waals surface area contributed by atoms with E-state index in [0.29, 0.717) is 18.8 Å². The van der Waals surface area contributed by atoms with Gasteiger partial charge in [-0.2, -0.15) is 0 Å². The first-order chi connectivity index (χ1) is 19.5. The summed E-state index contributed by atoms with van der Waals surface area (Å²) < 4.78 is 5.25. The van der Waals surface area contributed by atoms with Gasteiger partial charge in [-0.25, -0.2) is 0 Å². The van der Waals surface area contributed by atoms with Gasteiger partial charge < -0.3 is 14.6 Å². The molecule has 4 aromatic rings. The Morgan fingerprint density at radius 3 is 2.33 bits per heavy atom. The standard InChI is InChI=1S/C34H33N3O3/c1-24-4-8-26(9-5-24)28-12-10-27-11-13-29(22-30(27)21-28)33(38)35-31-14-6-25(7-15-31)23-36-16-18-37(19-17-36)34(39)32-3-2-20-40-32/h2-10,12,14-15,20-22H,11,13,16-19,23H2,1H3,(H,35,38). The van der Waals surface area contributed by atoms with E-state index in [1.165, 1.54) is 28.5 Å². The Labute approximate surface area is 234 Å². The predicted molar refractivity (Wildman–Crippen MR) is 158 cm³/mol. The highest BCUT2D eigenvalue weighted by Crippen LogP contribution is 2.30. The molecule has 0 bridgehead atoms. The van der Waals surface area contributed by atoms with E-state index in [-0.39, 0.29) is 11.8 Å². The van der Waals surface area contributed by atoms with Crippen LogP contribution in [0, 0.1) is 6.92 Å². The van der Waals surface area contributed by atoms with Crippen LogP contribution in [-0.2, 0) is 17.8 Å². The van der Waals surface area contributed by atoms with Crippen LogP contribution in [0.2, 0.25) is 0 Å². The minimum absolute atomic E-state index is 0.0449. The molecule has 1 aromatic heterocycles. The van der Waals surface area contributed by atoms with Crippen LogP contribution in [-0.4, -0.2) is 47.8 Å². The predicted octanol–water partition coefficient (Wildman–Crippen LogP) is 6.18. The normalized spacial score (nSPS) is 15.3. The van der Waals surface area contributed by atoms with Crippen LogP contribution in [0.3, 0.4) is 0 Å². The number of piperazine rings is 1. The van der Waals surface area contributed by atoms with Crippen molar-refractivity contribution in [2.75, 3.05) is 31.5 Å². The zero-order valence-corrected chi connectivity index (χ0v) is 22.7. The van der Waals surface area contributed by atoms with E-state index in [9.17, 15) is 9.59 Å². The maximum Gasteiger partial charge on any atom is 0.289 e. The summed E-state index contributed by atoms with van der Waals surface area (Å²) in [5.41, 5.74) is 8.77. The van der Waals surface area contributed by atoms with Gasteiger partial charge in [0, 0.05) is 44.0 Å². The molecular formula is C34H33N3O3. The number of carbonyl (C=O) groups excluding carboxylic acids is 2. The number of hydrogen-bond acceptors (Lipinski definition) is 4. The fraction of sp³-hybridized carbons (Fsp3) is 0.235. The number of fused-ring (bicyclic) bond motifs is 1. The monoisotopic (exact) mass is 531 g/mol. The fourth-order valence-electron chi connectivity index (χ4n) is 5.42. The van der Waals surface area contributed by atoms with Gasteiger partial charge in [0.25, 0.3) is 11.8 Å². The Bertz CT molecular complexity index is 1530. The van der Waals surface area contributed by atoms with E-state index in [4.69, 9.17) is 4.42 Å². The number of rotatable bonds is 6. The molecule has 6 nitrogen and oxygen atoms in total. The van der Waals surface area contributed by atoms with Crippen LogP contribution in [0.4, 0.5) is 5.69 Å². The summed E-state index contributed by atoms with van der Waals surface area (Å²) in [7, 11) is 0. The topological polar surface area (TPSA) is 65.8 Å². The van der Waals surface area contributed by atoms with Crippen molar-refractivity contribution >= 4 is 23.6 Å². The van der Waals surface area contributed by atoms with E-state index in [0.717, 1.165) is 54.9 Å². The fourth-order valence-corrected chi connectivity index (χ4v) is 5.42. The number of carbonyl (C=O) groups is 2. The molecule has 0 radical (unpaired) electrons. The molecule has 3 aromatic carbocycles. The van der Waals surface area contributed by atoms with E-state index >= 15 is 0 Å². The van der Waals surface area contributed by atoms with Crippen LogP contribution in [0.5, 0.6) is 0 Å². The molecule has 2 amide bonds. The molecule has 0 atom stereocenters. The Kier molecular flexibility index (Phi) is 7.34. The Morgan fingerprint density at radius 2 is 1.60 bits per heavy atom. The Morgan fingerprint density at radius 1 is 0.850 bits per heavy atom. The highest BCUT2D eigenvalue weighted by molar-refractivity contribution is 6.07. The van der Waals surface area contributed by atoms with Gasteiger partial charge in [-0.05, 0) is 84.0 Å². The van der Waals surface area contributed by atoms with E-state index < -0.39 is 0 Å². The van der Waals surface area contributed by atoms with Gasteiger partial charge in [-0.1, -0.05) is 54.1 Å². The lowest BCUT2D eigenvalue weighted by atomic mass is 9.89. The Balaban J connectivity index is 1.04. The molecule has 0 spiro atoms. The Hall–Kier alpha value is -4.42. The van der Waals surface area contributed by atoms with Gasteiger partial charge in [0.1, 0.15) is 0 Å². The third-order valence-electron chi connectivity index (χ3n) is 7.83. The van der Waals surface area contributed by atoms with E-state index in [1.807, 2.05) is 23.1 Å². The molecule has 2 heterocycles. The second-order valence-corrected chi connectivity index (χ2v) is 10.6. The van der Waals surface area contributed by atoms with Gasteiger partial charge in [-0.15, -0.1) is 0 Å². The van der Waals surface area contributed by atoms with Crippen molar-refractivity contribution in [2.45, 2.75) is 26.3 Å². The summed E-state index contributed by atoms with van der Waals surface area (Å²) in [4.78, 5) is 29.8. The molecule has 202 valence electrons. The van der Waals surface area contributed by atoms with Gasteiger partial charge in [-0.3, -0.25) is 14.5 Å². The number of hydrogen-bond donors (Lipinski definition) is 1. The number of anilines is 1. The van der Waals surface area contributed by atoms with Crippen molar-refractivity contribution in [1.82, 2.24) is 9.80 Å². The van der Waals surface area contributed by atoms with Crippen molar-refractivity contribution in [2.24, 2.45) is 0 Å². The minimum Gasteiger partial charge on any atom is -0.459 e. The van der Waals surface area contributed by atoms with Crippen LogP contribution >= 0.6 is 0 Å². The maximum atomic E-state index is 13.1. The van der Waals surface area contributed by atoms with Gasteiger partial charge in [0.05, 0.1) is 6.26 Å². The summed E-state index contributed by atoms with van der Waals surface area (Å²) in [5, 5.41) is 3.08. The molecule has 6 heteroatoms. The van der Waals surface area contributed by atoms with Crippen LogP contribution in [0.1, 0.15) is 39.2 Å². The second kappa shape index (κ2) is 11.4. The number of aryl methyl sites for hydroxylation is 2. The smallest absolute Gasteiger partial charge is 0.289 e. The van der Waals surface area contributed by atoms with Crippen molar-refractivity contribution in [3.63, 3.8) is 0 Å². The van der Waals surface area contributed by atoms with Gasteiger partial charge >= 0.3 is 0 Å². The second-order valence-electron chi connectivity index (χ2n) is 10.6. The first kappa shape index (κ1) is 25.8. The molecule has 1 aliphatic heterocycles. The summed E-state index contributed by atoms with van der Waals surface area (Å²) >= 11 is 0. The highest BCUT2D eigenvalue weighted by Gasteiger charge is 2.24. The van der Waals surface area contributed by atoms with Gasteiger partial charge in [0.2, 0.25) is 0 Å². The SMILES string of the molecule is Cc1ccc(-c2ccc3c(c2)C=C(C(=O)Nc2ccc(CN4CCN(C(=O)c5ccco5)CC4)cc2)CC3)cc1. The van der Waals surface area contributed by atoms with Crippen molar-refractivity contribution in [3.8, 4) is 11.1 Å². The lowest BCUT2D eigenvalue weighted by molar-refractivity contribution is -0.112. The average Bonchev–Trinajstić information content (AvgIpc) is 3.53. The molecule has 40 heavy (non-hydrogen) atoms. The maximum absolute atomic E-state index is 13.1. The van der Waals surface area contributed by atoms with Crippen molar-refractivity contribution in [1.29, 1.82) is 0 Å². The number of nitrogens with zero attached hydrogens (tertiary/aromatic N) is 2. The third kappa shape index (κ3) is 5.77. The zero-order valence-electron chi connectivity index (χ0n) is 22.7. The number of benzene rings is 3. The molecule has 1 N–H and O–H groups in total. The van der Waals surface area contributed by atoms with Crippen molar-refractivity contribution in [3.05, 3.63) is 119 Å². The van der Waals surface area contributed by atoms with Crippen molar-refractivity contribution < 1.29 is 14.0 Å². The molecule has 0 unspecified atom stereocenters. The largest absolute Gasteiger partial charge is 0.459 e. The minimum atomic E-state index is -0.0481. The average molecular weight is 532 g/mol. The number of furan rings is 1. The molecular weight excluding hydrogens is 498 g/mol.